The molecule has 0 spiro atoms. The number of aromatic nitrogens is 1. The van der Waals surface area contributed by atoms with Crippen LogP contribution in [0.25, 0.3) is 0 Å². The Morgan fingerprint density at radius 1 is 1.73 bits per heavy atom. The van der Waals surface area contributed by atoms with Crippen molar-refractivity contribution in [3.8, 4) is 5.88 Å². The molecule has 5 heteroatoms. The summed E-state index contributed by atoms with van der Waals surface area (Å²) < 4.78 is 14.4. The Bertz CT molecular complexity index is 368. The first kappa shape index (κ1) is 10.6. The quantitative estimate of drug-likeness (QED) is 0.740. The van der Waals surface area contributed by atoms with Crippen LogP contribution >= 0.6 is 11.5 Å². The van der Waals surface area contributed by atoms with Gasteiger partial charge in [0.25, 0.3) is 0 Å². The van der Waals surface area contributed by atoms with E-state index in [1.165, 1.54) is 7.11 Å². The molecule has 1 aromatic heterocycles. The van der Waals surface area contributed by atoms with Crippen molar-refractivity contribution in [2.24, 2.45) is 0 Å². The summed E-state index contributed by atoms with van der Waals surface area (Å²) in [5.74, 6) is 0.505. The smallest absolute Gasteiger partial charge is 0.225 e. The topological polar surface area (TPSA) is 48.4 Å². The van der Waals surface area contributed by atoms with Crippen molar-refractivity contribution >= 4 is 17.3 Å². The maximum atomic E-state index is 12.1. The van der Waals surface area contributed by atoms with Gasteiger partial charge in [0.1, 0.15) is 5.60 Å². The van der Waals surface area contributed by atoms with Crippen molar-refractivity contribution in [1.82, 2.24) is 4.37 Å². The number of carbonyl (C=O) groups excluding carboxylic acids is 1. The molecule has 0 N–H and O–H groups in total. The molecule has 1 aliphatic rings. The minimum absolute atomic E-state index is 0.0146. The molecule has 2 heterocycles. The molecule has 1 aromatic rings. The van der Waals surface area contributed by atoms with Crippen LogP contribution in [0.15, 0.2) is 6.07 Å². The molecule has 0 amide bonds. The molecule has 0 radical (unpaired) electrons. The molecule has 1 atom stereocenters. The number of methoxy groups -OCH3 is 1. The van der Waals surface area contributed by atoms with Gasteiger partial charge in [-0.05, 0) is 31.3 Å². The van der Waals surface area contributed by atoms with Crippen LogP contribution in [0, 0.1) is 0 Å². The first-order valence-electron chi connectivity index (χ1n) is 4.85. The summed E-state index contributed by atoms with van der Waals surface area (Å²) in [7, 11) is 1.54. The normalized spacial score (nSPS) is 25.5. The largest absolute Gasteiger partial charge is 0.480 e. The second-order valence-electron chi connectivity index (χ2n) is 3.75. The van der Waals surface area contributed by atoms with E-state index in [9.17, 15) is 4.79 Å². The fraction of sp³-hybridized carbons (Fsp3) is 0.600. The lowest BCUT2D eigenvalue weighted by Gasteiger charge is -2.19. The number of rotatable bonds is 3. The highest BCUT2D eigenvalue weighted by Crippen LogP contribution is 2.31. The first-order chi connectivity index (χ1) is 7.15. The highest BCUT2D eigenvalue weighted by Gasteiger charge is 2.39. The lowest BCUT2D eigenvalue weighted by atomic mass is 9.96. The summed E-state index contributed by atoms with van der Waals surface area (Å²) in [6, 6.07) is 1.67. The van der Waals surface area contributed by atoms with Crippen molar-refractivity contribution < 1.29 is 14.3 Å². The van der Waals surface area contributed by atoms with Crippen molar-refractivity contribution in [3.63, 3.8) is 0 Å². The molecule has 1 saturated heterocycles. The highest BCUT2D eigenvalue weighted by atomic mass is 32.1. The predicted octanol–water partition coefficient (Wildman–Crippen LogP) is 1.90. The zero-order chi connectivity index (χ0) is 10.9. The van der Waals surface area contributed by atoms with E-state index >= 15 is 0 Å². The first-order valence-corrected chi connectivity index (χ1v) is 5.62. The SMILES string of the molecule is COc1cc(C(=O)C2(C)CCCO2)sn1. The molecule has 4 nitrogen and oxygen atoms in total. The Kier molecular flexibility index (Phi) is 2.75. The molecule has 0 saturated carbocycles. The number of ether oxygens (including phenoxy) is 2. The van der Waals surface area contributed by atoms with Crippen LogP contribution in [0.4, 0.5) is 0 Å². The van der Waals surface area contributed by atoms with Gasteiger partial charge in [-0.1, -0.05) is 0 Å². The predicted molar refractivity (Wildman–Crippen MR) is 56.6 cm³/mol. The van der Waals surface area contributed by atoms with Crippen LogP contribution < -0.4 is 4.74 Å². The average Bonchev–Trinajstić information content (AvgIpc) is 2.85. The van der Waals surface area contributed by atoms with Crippen LogP contribution in [-0.4, -0.2) is 29.5 Å². The molecule has 0 bridgehead atoms. The van der Waals surface area contributed by atoms with Crippen molar-refractivity contribution in [1.29, 1.82) is 0 Å². The van der Waals surface area contributed by atoms with Crippen molar-refractivity contribution in [2.45, 2.75) is 25.4 Å². The van der Waals surface area contributed by atoms with Crippen molar-refractivity contribution in [2.75, 3.05) is 13.7 Å². The van der Waals surface area contributed by atoms with Gasteiger partial charge in [0.2, 0.25) is 11.7 Å². The second kappa shape index (κ2) is 3.90. The minimum atomic E-state index is -0.655. The van der Waals surface area contributed by atoms with Gasteiger partial charge >= 0.3 is 0 Å². The van der Waals surface area contributed by atoms with Crippen LogP contribution in [0.3, 0.4) is 0 Å². The van der Waals surface area contributed by atoms with Crippen LogP contribution in [0.5, 0.6) is 5.88 Å². The molecular weight excluding hydrogens is 214 g/mol. The summed E-state index contributed by atoms with van der Waals surface area (Å²) >= 11 is 1.16. The van der Waals surface area contributed by atoms with Gasteiger partial charge < -0.3 is 9.47 Å². The lowest BCUT2D eigenvalue weighted by molar-refractivity contribution is 0.0217. The standard InChI is InChI=1S/C10H13NO3S/c1-10(4-3-5-14-10)9(12)7-6-8(13-2)11-15-7/h6H,3-5H2,1-2H3. The van der Waals surface area contributed by atoms with Crippen LogP contribution in [-0.2, 0) is 4.74 Å². The van der Waals surface area contributed by atoms with Gasteiger partial charge in [0, 0.05) is 12.7 Å². The molecule has 1 fully saturated rings. The van der Waals surface area contributed by atoms with E-state index in [0.29, 0.717) is 17.4 Å². The third kappa shape index (κ3) is 1.89. The summed E-state index contributed by atoms with van der Waals surface area (Å²) in [6.45, 7) is 2.51. The lowest BCUT2D eigenvalue weighted by Crippen LogP contribution is -2.33. The molecule has 2 rings (SSSR count). The number of Topliss-reactive ketones (excluding diaryl/α,β-unsaturated/α-hetero) is 1. The molecule has 15 heavy (non-hydrogen) atoms. The van der Waals surface area contributed by atoms with E-state index in [1.807, 2.05) is 6.92 Å². The fourth-order valence-corrected chi connectivity index (χ4v) is 2.45. The number of hydrogen-bond donors (Lipinski definition) is 0. The Balaban J connectivity index is 2.19. The van der Waals surface area contributed by atoms with Gasteiger partial charge in [-0.2, -0.15) is 4.37 Å². The van der Waals surface area contributed by atoms with Crippen LogP contribution in [0.2, 0.25) is 0 Å². The molecule has 82 valence electrons. The van der Waals surface area contributed by atoms with E-state index in [0.717, 1.165) is 24.4 Å². The minimum Gasteiger partial charge on any atom is -0.480 e. The number of ketones is 1. The number of nitrogens with zero attached hydrogens (tertiary/aromatic N) is 1. The maximum Gasteiger partial charge on any atom is 0.225 e. The van der Waals surface area contributed by atoms with E-state index in [1.54, 1.807) is 6.07 Å². The van der Waals surface area contributed by atoms with Crippen molar-refractivity contribution in [3.05, 3.63) is 10.9 Å². The second-order valence-corrected chi connectivity index (χ2v) is 4.55. The Morgan fingerprint density at radius 2 is 2.53 bits per heavy atom. The third-order valence-corrected chi connectivity index (χ3v) is 3.39. The Morgan fingerprint density at radius 3 is 3.07 bits per heavy atom. The summed E-state index contributed by atoms with van der Waals surface area (Å²) in [5.41, 5.74) is -0.655. The van der Waals surface area contributed by atoms with Gasteiger partial charge in [-0.15, -0.1) is 0 Å². The fourth-order valence-electron chi connectivity index (χ4n) is 1.68. The summed E-state index contributed by atoms with van der Waals surface area (Å²) in [4.78, 5) is 12.7. The number of carbonyl (C=O) groups is 1. The third-order valence-electron chi connectivity index (χ3n) is 2.62. The van der Waals surface area contributed by atoms with Gasteiger partial charge in [0.05, 0.1) is 12.0 Å². The van der Waals surface area contributed by atoms with Crippen LogP contribution in [0.1, 0.15) is 29.4 Å². The van der Waals surface area contributed by atoms with Gasteiger partial charge in [0.15, 0.2) is 0 Å². The maximum absolute atomic E-state index is 12.1. The molecule has 0 aliphatic carbocycles. The zero-order valence-electron chi connectivity index (χ0n) is 8.78. The van der Waals surface area contributed by atoms with E-state index in [4.69, 9.17) is 9.47 Å². The molecule has 0 aromatic carbocycles. The Labute approximate surface area is 92.4 Å². The van der Waals surface area contributed by atoms with E-state index < -0.39 is 5.60 Å². The Hall–Kier alpha value is -0.940. The van der Waals surface area contributed by atoms with Gasteiger partial charge in [-0.3, -0.25) is 4.79 Å². The molecular formula is C10H13NO3S. The monoisotopic (exact) mass is 227 g/mol. The zero-order valence-corrected chi connectivity index (χ0v) is 9.60. The van der Waals surface area contributed by atoms with E-state index in [2.05, 4.69) is 4.37 Å². The summed E-state index contributed by atoms with van der Waals surface area (Å²) in [5, 5.41) is 0. The number of hydrogen-bond acceptors (Lipinski definition) is 5. The average molecular weight is 227 g/mol. The molecule has 1 aliphatic heterocycles. The molecule has 1 unspecified atom stereocenters. The highest BCUT2D eigenvalue weighted by molar-refractivity contribution is 7.08. The van der Waals surface area contributed by atoms with E-state index in [-0.39, 0.29) is 5.78 Å². The van der Waals surface area contributed by atoms with Gasteiger partial charge in [-0.25, -0.2) is 0 Å². The summed E-state index contributed by atoms with van der Waals surface area (Å²) in [6.07, 6.45) is 1.73.